The molecule has 0 aliphatic heterocycles. The minimum atomic E-state index is -0.0947. The van der Waals surface area contributed by atoms with Crippen LogP contribution in [0.5, 0.6) is 0 Å². The summed E-state index contributed by atoms with van der Waals surface area (Å²) in [5.74, 6) is 0.148. The van der Waals surface area contributed by atoms with Crippen molar-refractivity contribution < 1.29 is 14.3 Å². The Morgan fingerprint density at radius 3 is 2.58 bits per heavy atom. The van der Waals surface area contributed by atoms with Crippen LogP contribution >= 0.6 is 0 Å². The maximum absolute atomic E-state index is 12.1. The van der Waals surface area contributed by atoms with Crippen LogP contribution in [0.25, 0.3) is 0 Å². The zero-order chi connectivity index (χ0) is 14.1. The first-order valence-electron chi connectivity index (χ1n) is 7.15. The maximum atomic E-state index is 12.1. The van der Waals surface area contributed by atoms with Crippen molar-refractivity contribution in [2.75, 3.05) is 33.9 Å². The number of nitrogens with zero attached hydrogens (tertiary/aromatic N) is 1. The second kappa shape index (κ2) is 8.91. The van der Waals surface area contributed by atoms with Gasteiger partial charge in [-0.25, -0.2) is 0 Å². The highest BCUT2D eigenvalue weighted by Crippen LogP contribution is 2.24. The van der Waals surface area contributed by atoms with Crippen LogP contribution < -0.4 is 5.32 Å². The van der Waals surface area contributed by atoms with E-state index in [-0.39, 0.29) is 24.3 Å². The zero-order valence-corrected chi connectivity index (χ0v) is 12.1. The van der Waals surface area contributed by atoms with E-state index in [1.54, 1.807) is 19.1 Å². The minimum absolute atomic E-state index is 0.0947. The smallest absolute Gasteiger partial charge is 0.239 e. The molecule has 1 aliphatic rings. The molecule has 1 N–H and O–H groups in total. The molecule has 0 heterocycles. The van der Waals surface area contributed by atoms with E-state index in [0.29, 0.717) is 13.2 Å². The molecule has 0 unspecified atom stereocenters. The molecule has 5 nitrogen and oxygen atoms in total. The molecule has 1 aliphatic carbocycles. The van der Waals surface area contributed by atoms with Crippen molar-refractivity contribution in [3.63, 3.8) is 0 Å². The minimum Gasteiger partial charge on any atom is -0.385 e. The van der Waals surface area contributed by atoms with Crippen molar-refractivity contribution in [3.8, 4) is 0 Å². The lowest BCUT2D eigenvalue weighted by atomic mass is 9.88. The molecule has 0 aromatic carbocycles. The third kappa shape index (κ3) is 6.05. The van der Waals surface area contributed by atoms with Gasteiger partial charge in [0.2, 0.25) is 11.8 Å². The van der Waals surface area contributed by atoms with Gasteiger partial charge in [-0.2, -0.15) is 0 Å². The molecular weight excluding hydrogens is 244 g/mol. The number of hydrogen-bond acceptors (Lipinski definition) is 3. The number of ether oxygens (including phenoxy) is 1. The van der Waals surface area contributed by atoms with Gasteiger partial charge in [0.1, 0.15) is 0 Å². The Morgan fingerprint density at radius 2 is 1.95 bits per heavy atom. The average molecular weight is 270 g/mol. The molecule has 0 saturated heterocycles. The second-order valence-electron chi connectivity index (χ2n) is 5.23. The van der Waals surface area contributed by atoms with E-state index in [9.17, 15) is 9.59 Å². The molecular formula is C14H26N2O3. The van der Waals surface area contributed by atoms with E-state index >= 15 is 0 Å². The molecule has 110 valence electrons. The number of carbonyl (C=O) groups is 2. The van der Waals surface area contributed by atoms with E-state index in [1.165, 1.54) is 6.42 Å². The fourth-order valence-corrected chi connectivity index (χ4v) is 2.45. The van der Waals surface area contributed by atoms with Crippen LogP contribution in [-0.2, 0) is 14.3 Å². The summed E-state index contributed by atoms with van der Waals surface area (Å²) in [5.41, 5.74) is 0. The van der Waals surface area contributed by atoms with Gasteiger partial charge in [-0.15, -0.1) is 0 Å². The van der Waals surface area contributed by atoms with Crippen molar-refractivity contribution in [1.82, 2.24) is 10.2 Å². The van der Waals surface area contributed by atoms with Crippen molar-refractivity contribution in [2.45, 2.75) is 38.5 Å². The summed E-state index contributed by atoms with van der Waals surface area (Å²) in [7, 11) is 3.35. The van der Waals surface area contributed by atoms with Gasteiger partial charge in [-0.05, 0) is 19.3 Å². The average Bonchev–Trinajstić information content (AvgIpc) is 2.43. The topological polar surface area (TPSA) is 58.6 Å². The summed E-state index contributed by atoms with van der Waals surface area (Å²) >= 11 is 0. The van der Waals surface area contributed by atoms with E-state index in [2.05, 4.69) is 5.32 Å². The third-order valence-corrected chi connectivity index (χ3v) is 3.56. The first kappa shape index (κ1) is 16.0. The number of hydrogen-bond donors (Lipinski definition) is 1. The van der Waals surface area contributed by atoms with Gasteiger partial charge in [0.15, 0.2) is 0 Å². The van der Waals surface area contributed by atoms with Crippen molar-refractivity contribution in [2.24, 2.45) is 5.92 Å². The monoisotopic (exact) mass is 270 g/mol. The second-order valence-corrected chi connectivity index (χ2v) is 5.23. The predicted molar refractivity (Wildman–Crippen MR) is 73.7 cm³/mol. The van der Waals surface area contributed by atoms with Crippen molar-refractivity contribution in [1.29, 1.82) is 0 Å². The molecule has 2 amide bonds. The quantitative estimate of drug-likeness (QED) is 0.707. The van der Waals surface area contributed by atoms with Gasteiger partial charge < -0.3 is 15.0 Å². The van der Waals surface area contributed by atoms with E-state index < -0.39 is 0 Å². The number of rotatable bonds is 7. The highest BCUT2D eigenvalue weighted by atomic mass is 16.5. The van der Waals surface area contributed by atoms with Gasteiger partial charge in [0.25, 0.3) is 0 Å². The lowest BCUT2D eigenvalue weighted by Crippen LogP contribution is -2.41. The zero-order valence-electron chi connectivity index (χ0n) is 12.1. The van der Waals surface area contributed by atoms with Crippen molar-refractivity contribution >= 4 is 11.8 Å². The molecule has 0 aromatic rings. The third-order valence-electron chi connectivity index (χ3n) is 3.56. The first-order chi connectivity index (χ1) is 9.15. The summed E-state index contributed by atoms with van der Waals surface area (Å²) in [4.78, 5) is 25.4. The van der Waals surface area contributed by atoms with Crippen LogP contribution in [0.3, 0.4) is 0 Å². The molecule has 1 rings (SSSR count). The molecule has 19 heavy (non-hydrogen) atoms. The fraction of sp³-hybridized carbons (Fsp3) is 0.857. The number of likely N-dealkylation sites (N-methyl/N-ethyl adjacent to an activating group) is 1. The number of nitrogens with one attached hydrogen (secondary N) is 1. The highest BCUT2D eigenvalue weighted by molar-refractivity contribution is 5.85. The van der Waals surface area contributed by atoms with Crippen LogP contribution in [0.2, 0.25) is 0 Å². The largest absolute Gasteiger partial charge is 0.385 e. The molecule has 1 saturated carbocycles. The lowest BCUT2D eigenvalue weighted by Gasteiger charge is -2.26. The standard InChI is InChI=1S/C14H26N2O3/c1-16(11-13(17)15-9-6-10-19-2)14(18)12-7-4-3-5-8-12/h12H,3-11H2,1-2H3,(H,15,17). The predicted octanol–water partition coefficient (Wildman–Crippen LogP) is 1.18. The molecule has 5 heteroatoms. The van der Waals surface area contributed by atoms with E-state index in [0.717, 1.165) is 32.1 Å². The Kier molecular flexibility index (Phi) is 7.48. The van der Waals surface area contributed by atoms with E-state index in [1.807, 2.05) is 0 Å². The van der Waals surface area contributed by atoms with Crippen LogP contribution in [0.15, 0.2) is 0 Å². The van der Waals surface area contributed by atoms with E-state index in [4.69, 9.17) is 4.74 Å². The fourth-order valence-electron chi connectivity index (χ4n) is 2.45. The Bertz CT molecular complexity index is 288. The summed E-state index contributed by atoms with van der Waals surface area (Å²) in [6.07, 6.45) is 6.23. The van der Waals surface area contributed by atoms with Gasteiger partial charge in [0.05, 0.1) is 6.54 Å². The molecule has 1 fully saturated rings. The van der Waals surface area contributed by atoms with Crippen molar-refractivity contribution in [3.05, 3.63) is 0 Å². The molecule has 0 bridgehead atoms. The molecule has 0 aromatic heterocycles. The normalized spacial score (nSPS) is 16.1. The lowest BCUT2D eigenvalue weighted by molar-refractivity contribution is -0.138. The molecule has 0 spiro atoms. The van der Waals surface area contributed by atoms with Gasteiger partial charge in [0, 0.05) is 33.2 Å². The number of amides is 2. The Balaban J connectivity index is 2.22. The van der Waals surface area contributed by atoms with Gasteiger partial charge in [-0.1, -0.05) is 19.3 Å². The molecule has 0 atom stereocenters. The first-order valence-corrected chi connectivity index (χ1v) is 7.15. The number of carbonyl (C=O) groups excluding carboxylic acids is 2. The highest BCUT2D eigenvalue weighted by Gasteiger charge is 2.24. The Morgan fingerprint density at radius 1 is 1.26 bits per heavy atom. The van der Waals surface area contributed by atoms with Crippen LogP contribution in [0.1, 0.15) is 38.5 Å². The van der Waals surface area contributed by atoms with Crippen LogP contribution in [0.4, 0.5) is 0 Å². The van der Waals surface area contributed by atoms with Gasteiger partial charge in [-0.3, -0.25) is 9.59 Å². The number of methoxy groups -OCH3 is 1. The maximum Gasteiger partial charge on any atom is 0.239 e. The SMILES string of the molecule is COCCCNC(=O)CN(C)C(=O)C1CCCCC1. The molecule has 0 radical (unpaired) electrons. The summed E-state index contributed by atoms with van der Waals surface area (Å²) in [6.45, 7) is 1.39. The van der Waals surface area contributed by atoms with Crippen LogP contribution in [-0.4, -0.2) is 50.6 Å². The summed E-state index contributed by atoms with van der Waals surface area (Å²) in [6, 6.07) is 0. The van der Waals surface area contributed by atoms with Crippen LogP contribution in [0, 0.1) is 5.92 Å². The van der Waals surface area contributed by atoms with Gasteiger partial charge >= 0.3 is 0 Å². The summed E-state index contributed by atoms with van der Waals surface area (Å²) < 4.78 is 4.91. The summed E-state index contributed by atoms with van der Waals surface area (Å²) in [5, 5.41) is 2.79. The Labute approximate surface area is 115 Å². The Hall–Kier alpha value is -1.10.